The molecule has 7 heteroatoms. The number of nitrogens with one attached hydrogen (secondary N) is 2. The second-order valence-electron chi connectivity index (χ2n) is 8.15. The van der Waals surface area contributed by atoms with Gasteiger partial charge in [0.25, 0.3) is 5.91 Å². The number of nitrogens with zero attached hydrogens (tertiary/aromatic N) is 1. The summed E-state index contributed by atoms with van der Waals surface area (Å²) in [5, 5.41) is 25.4. The lowest BCUT2D eigenvalue weighted by atomic mass is 9.79. The van der Waals surface area contributed by atoms with Crippen molar-refractivity contribution in [2.45, 2.75) is 38.9 Å². The van der Waals surface area contributed by atoms with Gasteiger partial charge >= 0.3 is 6.03 Å². The van der Waals surface area contributed by atoms with Crippen molar-refractivity contribution >= 4 is 17.6 Å². The van der Waals surface area contributed by atoms with Gasteiger partial charge in [-0.2, -0.15) is 0 Å². The van der Waals surface area contributed by atoms with Crippen LogP contribution in [0.4, 0.5) is 10.5 Å². The highest BCUT2D eigenvalue weighted by atomic mass is 16.3. The van der Waals surface area contributed by atoms with Crippen molar-refractivity contribution in [2.75, 3.05) is 25.0 Å². The van der Waals surface area contributed by atoms with Crippen molar-refractivity contribution in [3.8, 4) is 0 Å². The highest BCUT2D eigenvalue weighted by Gasteiger charge is 2.42. The molecule has 0 radical (unpaired) electrons. The first kappa shape index (κ1) is 19.6. The van der Waals surface area contributed by atoms with E-state index in [0.717, 1.165) is 0 Å². The lowest BCUT2D eigenvalue weighted by molar-refractivity contribution is -0.0372. The molecule has 1 aliphatic carbocycles. The van der Waals surface area contributed by atoms with Gasteiger partial charge < -0.3 is 25.7 Å². The molecule has 4 atom stereocenters. The van der Waals surface area contributed by atoms with E-state index in [0.29, 0.717) is 49.6 Å². The fourth-order valence-electron chi connectivity index (χ4n) is 3.91. The van der Waals surface area contributed by atoms with Crippen molar-refractivity contribution in [1.82, 2.24) is 10.2 Å². The van der Waals surface area contributed by atoms with Crippen molar-refractivity contribution in [3.05, 3.63) is 29.8 Å². The molecule has 1 aromatic rings. The van der Waals surface area contributed by atoms with Crippen LogP contribution in [0.15, 0.2) is 24.3 Å². The molecule has 2 aliphatic rings. The lowest BCUT2D eigenvalue weighted by Gasteiger charge is -2.31. The first-order chi connectivity index (χ1) is 12.8. The number of hydrogen-bond acceptors (Lipinski definition) is 4. The normalized spacial score (nSPS) is 27.4. The van der Waals surface area contributed by atoms with E-state index in [4.69, 9.17) is 0 Å². The quantitative estimate of drug-likeness (QED) is 0.643. The molecule has 3 rings (SSSR count). The van der Waals surface area contributed by atoms with Crippen LogP contribution in [-0.4, -0.2) is 58.9 Å². The smallest absolute Gasteiger partial charge is 0.321 e. The Morgan fingerprint density at radius 1 is 1.15 bits per heavy atom. The molecule has 148 valence electrons. The number of aliphatic hydroxyl groups is 2. The van der Waals surface area contributed by atoms with Crippen LogP contribution in [0.5, 0.6) is 0 Å². The van der Waals surface area contributed by atoms with Gasteiger partial charge in [0, 0.05) is 30.9 Å². The Kier molecular flexibility index (Phi) is 6.01. The monoisotopic (exact) mass is 375 g/mol. The van der Waals surface area contributed by atoms with Crippen LogP contribution >= 0.6 is 0 Å². The Bertz CT molecular complexity index is 676. The minimum atomic E-state index is -0.699. The van der Waals surface area contributed by atoms with E-state index >= 15 is 0 Å². The summed E-state index contributed by atoms with van der Waals surface area (Å²) in [6.45, 7) is 5.82. The lowest BCUT2D eigenvalue weighted by Crippen LogP contribution is -2.38. The SMILES string of the molecule is CC(C)CNC(=O)c1cccc(NC(=O)N2CC3CC(O)C(O)CC3C2)c1. The molecule has 3 amide bonds. The molecule has 4 N–H and O–H groups in total. The standard InChI is InChI=1S/C20H29N3O4/c1-12(2)9-21-19(26)13-4-3-5-16(6-13)22-20(27)23-10-14-7-17(24)18(25)8-15(14)11-23/h3-6,12,14-15,17-18,24-25H,7-11H2,1-2H3,(H,21,26)(H,22,27). The second kappa shape index (κ2) is 8.27. The number of anilines is 1. The minimum absolute atomic E-state index is 0.157. The Morgan fingerprint density at radius 2 is 1.78 bits per heavy atom. The van der Waals surface area contributed by atoms with Gasteiger partial charge in [-0.15, -0.1) is 0 Å². The molecular formula is C20H29N3O4. The van der Waals surface area contributed by atoms with Gasteiger partial charge in [-0.25, -0.2) is 4.79 Å². The molecular weight excluding hydrogens is 346 g/mol. The van der Waals surface area contributed by atoms with Gasteiger partial charge in [0.05, 0.1) is 12.2 Å². The van der Waals surface area contributed by atoms with Gasteiger partial charge in [-0.05, 0) is 48.8 Å². The van der Waals surface area contributed by atoms with Crippen LogP contribution in [-0.2, 0) is 0 Å². The van der Waals surface area contributed by atoms with Crippen molar-refractivity contribution in [3.63, 3.8) is 0 Å². The predicted octanol–water partition coefficient (Wildman–Crippen LogP) is 1.67. The third kappa shape index (κ3) is 4.78. The van der Waals surface area contributed by atoms with Crippen LogP contribution in [0.25, 0.3) is 0 Å². The molecule has 1 aliphatic heterocycles. The van der Waals surface area contributed by atoms with E-state index in [9.17, 15) is 19.8 Å². The van der Waals surface area contributed by atoms with E-state index in [-0.39, 0.29) is 23.8 Å². The van der Waals surface area contributed by atoms with E-state index in [1.54, 1.807) is 29.2 Å². The van der Waals surface area contributed by atoms with Crippen LogP contribution in [0.1, 0.15) is 37.0 Å². The number of rotatable bonds is 4. The molecule has 7 nitrogen and oxygen atoms in total. The molecule has 4 unspecified atom stereocenters. The molecule has 1 heterocycles. The fourth-order valence-corrected chi connectivity index (χ4v) is 3.91. The first-order valence-electron chi connectivity index (χ1n) is 9.63. The number of likely N-dealkylation sites (tertiary alicyclic amines) is 1. The average molecular weight is 375 g/mol. The van der Waals surface area contributed by atoms with Crippen molar-refractivity contribution in [2.24, 2.45) is 17.8 Å². The van der Waals surface area contributed by atoms with E-state index in [1.807, 2.05) is 13.8 Å². The van der Waals surface area contributed by atoms with E-state index in [1.165, 1.54) is 0 Å². The average Bonchev–Trinajstić information content (AvgIpc) is 3.03. The number of fused-ring (bicyclic) bond motifs is 1. The summed E-state index contributed by atoms with van der Waals surface area (Å²) in [4.78, 5) is 26.5. The third-order valence-corrected chi connectivity index (χ3v) is 5.44. The first-order valence-corrected chi connectivity index (χ1v) is 9.63. The highest BCUT2D eigenvalue weighted by molar-refractivity contribution is 5.96. The van der Waals surface area contributed by atoms with Gasteiger partial charge in [-0.3, -0.25) is 4.79 Å². The Balaban J connectivity index is 1.58. The summed E-state index contributed by atoms with van der Waals surface area (Å²) < 4.78 is 0. The van der Waals surface area contributed by atoms with E-state index in [2.05, 4.69) is 10.6 Å². The number of aliphatic hydroxyl groups excluding tert-OH is 2. The molecule has 27 heavy (non-hydrogen) atoms. The summed E-state index contributed by atoms with van der Waals surface area (Å²) in [7, 11) is 0. The number of hydrogen-bond donors (Lipinski definition) is 4. The summed E-state index contributed by atoms with van der Waals surface area (Å²) in [6.07, 6.45) is -0.340. The molecule has 1 saturated heterocycles. The summed E-state index contributed by atoms with van der Waals surface area (Å²) in [6, 6.07) is 6.68. The number of carbonyl (C=O) groups is 2. The molecule has 0 bridgehead atoms. The maximum atomic E-state index is 12.6. The number of amides is 3. The minimum Gasteiger partial charge on any atom is -0.390 e. The van der Waals surface area contributed by atoms with Crippen LogP contribution < -0.4 is 10.6 Å². The van der Waals surface area contributed by atoms with Gasteiger partial charge in [-0.1, -0.05) is 19.9 Å². The Hall–Kier alpha value is -2.12. The van der Waals surface area contributed by atoms with Crippen molar-refractivity contribution in [1.29, 1.82) is 0 Å². The maximum Gasteiger partial charge on any atom is 0.321 e. The summed E-state index contributed by atoms with van der Waals surface area (Å²) >= 11 is 0. The second-order valence-corrected chi connectivity index (χ2v) is 8.15. The molecule has 0 aromatic heterocycles. The molecule has 1 aromatic carbocycles. The number of carbonyl (C=O) groups excluding carboxylic acids is 2. The maximum absolute atomic E-state index is 12.6. The number of urea groups is 1. The highest BCUT2D eigenvalue weighted by Crippen LogP contribution is 2.36. The molecule has 2 fully saturated rings. The third-order valence-electron chi connectivity index (χ3n) is 5.44. The van der Waals surface area contributed by atoms with Gasteiger partial charge in [0.2, 0.25) is 0 Å². The van der Waals surface area contributed by atoms with Crippen LogP contribution in [0, 0.1) is 17.8 Å². The molecule has 1 saturated carbocycles. The zero-order valence-corrected chi connectivity index (χ0v) is 15.9. The molecule has 0 spiro atoms. The zero-order chi connectivity index (χ0) is 19.6. The largest absolute Gasteiger partial charge is 0.390 e. The Labute approximate surface area is 159 Å². The van der Waals surface area contributed by atoms with Gasteiger partial charge in [0.1, 0.15) is 0 Å². The van der Waals surface area contributed by atoms with Gasteiger partial charge in [0.15, 0.2) is 0 Å². The van der Waals surface area contributed by atoms with Crippen LogP contribution in [0.3, 0.4) is 0 Å². The fraction of sp³-hybridized carbons (Fsp3) is 0.600. The summed E-state index contributed by atoms with van der Waals surface area (Å²) in [5.74, 6) is 0.659. The summed E-state index contributed by atoms with van der Waals surface area (Å²) in [5.41, 5.74) is 1.09. The van der Waals surface area contributed by atoms with Crippen molar-refractivity contribution < 1.29 is 19.8 Å². The zero-order valence-electron chi connectivity index (χ0n) is 15.9. The Morgan fingerprint density at radius 3 is 2.37 bits per heavy atom. The van der Waals surface area contributed by atoms with E-state index < -0.39 is 12.2 Å². The van der Waals surface area contributed by atoms with Crippen LogP contribution in [0.2, 0.25) is 0 Å². The predicted molar refractivity (Wildman–Crippen MR) is 102 cm³/mol. The topological polar surface area (TPSA) is 102 Å². The number of benzene rings is 1.